The van der Waals surface area contributed by atoms with Crippen molar-refractivity contribution >= 4 is 71.2 Å². The average molecular weight is 941 g/mol. The second-order valence-corrected chi connectivity index (χ2v) is 19.3. The molecule has 0 radical (unpaired) electrons. The third-order valence-electron chi connectivity index (χ3n) is 15.0. The summed E-state index contributed by atoms with van der Waals surface area (Å²) in [5, 5.41) is 10.0. The summed E-state index contributed by atoms with van der Waals surface area (Å²) in [5.41, 5.74) is 18.7. The summed E-state index contributed by atoms with van der Waals surface area (Å²) in [5.74, 6) is 0. The van der Waals surface area contributed by atoms with Gasteiger partial charge in [0.05, 0.1) is 11.0 Å². The summed E-state index contributed by atoms with van der Waals surface area (Å²) in [6.45, 7) is 0. The number of rotatable bonds is 9. The van der Waals surface area contributed by atoms with Crippen LogP contribution in [0.4, 0.5) is 17.1 Å². The molecule has 0 unspecified atom stereocenters. The molecule has 0 bridgehead atoms. The molecule has 74 heavy (non-hydrogen) atoms. The van der Waals surface area contributed by atoms with Gasteiger partial charge in [0, 0.05) is 33.5 Å². The molecule has 0 N–H and O–H groups in total. The molecule has 13 aromatic carbocycles. The fraction of sp³-hybridized carbons (Fsp3) is 0. The predicted octanol–water partition coefficient (Wildman–Crippen LogP) is 20.0. The van der Waals surface area contributed by atoms with Gasteiger partial charge >= 0.3 is 0 Å². The molecule has 0 aliphatic rings. The molecule has 1 heterocycles. The Morgan fingerprint density at radius 2 is 0.486 bits per heavy atom. The third kappa shape index (κ3) is 7.60. The van der Waals surface area contributed by atoms with Gasteiger partial charge in [0.25, 0.3) is 0 Å². The van der Waals surface area contributed by atoms with Gasteiger partial charge in [0.2, 0.25) is 0 Å². The van der Waals surface area contributed by atoms with E-state index in [1.54, 1.807) is 0 Å². The Bertz CT molecular complexity index is 4310. The van der Waals surface area contributed by atoms with Crippen LogP contribution in [0.1, 0.15) is 0 Å². The lowest BCUT2D eigenvalue weighted by Gasteiger charge is -2.26. The van der Waals surface area contributed by atoms with Crippen LogP contribution >= 0.6 is 0 Å². The van der Waals surface area contributed by atoms with E-state index in [9.17, 15) is 0 Å². The topological polar surface area (TPSA) is 8.17 Å². The molecular formula is C72H48N2. The van der Waals surface area contributed by atoms with Crippen molar-refractivity contribution < 1.29 is 0 Å². The number of aromatic nitrogens is 1. The SMILES string of the molecule is c1ccc(-c2ccc(-c3ccc4c(c3)c3cc(-c5ccc(N(c6ccc(-c7ccccc7)cc6)c6ccc7c8ccccc8c8ccccc8c7c6)cc5)ccc3n4-c3ccc(-c4ccccc4)cc3)cc2)cc1. The Kier molecular flexibility index (Phi) is 10.6. The first-order valence-corrected chi connectivity index (χ1v) is 25.5. The molecule has 0 amide bonds. The van der Waals surface area contributed by atoms with Crippen LogP contribution in [0.5, 0.6) is 0 Å². The summed E-state index contributed by atoms with van der Waals surface area (Å²) in [4.78, 5) is 2.40. The van der Waals surface area contributed by atoms with E-state index in [1.165, 1.54) is 104 Å². The van der Waals surface area contributed by atoms with Gasteiger partial charge in [-0.3, -0.25) is 0 Å². The zero-order valence-corrected chi connectivity index (χ0v) is 40.6. The number of anilines is 3. The van der Waals surface area contributed by atoms with Gasteiger partial charge in [-0.05, 0) is 161 Å². The Morgan fingerprint density at radius 3 is 0.905 bits per heavy atom. The summed E-state index contributed by atoms with van der Waals surface area (Å²) in [6.07, 6.45) is 0. The molecular weight excluding hydrogens is 893 g/mol. The van der Waals surface area contributed by atoms with Crippen LogP contribution in [0, 0.1) is 0 Å². The lowest BCUT2D eigenvalue weighted by atomic mass is 9.94. The molecule has 14 aromatic rings. The molecule has 346 valence electrons. The molecule has 14 rings (SSSR count). The fourth-order valence-corrected chi connectivity index (χ4v) is 11.3. The standard InChI is InChI=1S/C72H48N2/c1-4-14-49(15-5-1)52-24-26-55(27-25-52)57-34-44-71-69(46-57)70-47-58(35-45-72(70)74(71)61-40-30-54(31-41-61)51-18-8-3-9-19-51)56-32-38-60(39-33-56)73(59-36-28-53(29-37-59)50-16-6-2-7-17-50)62-42-43-67-65-22-11-10-20-63(65)64-21-12-13-23-66(64)68(67)48-62/h1-48H. The van der Waals surface area contributed by atoms with E-state index in [2.05, 4.69) is 301 Å². The maximum absolute atomic E-state index is 2.42. The van der Waals surface area contributed by atoms with Gasteiger partial charge in [0.15, 0.2) is 0 Å². The summed E-state index contributed by atoms with van der Waals surface area (Å²) in [6, 6.07) is 106. The van der Waals surface area contributed by atoms with Crippen LogP contribution < -0.4 is 4.90 Å². The van der Waals surface area contributed by atoms with Gasteiger partial charge in [-0.25, -0.2) is 0 Å². The molecule has 1 aromatic heterocycles. The average Bonchev–Trinajstić information content (AvgIpc) is 3.81. The van der Waals surface area contributed by atoms with Crippen molar-refractivity contribution in [2.45, 2.75) is 0 Å². The first kappa shape index (κ1) is 43.1. The molecule has 0 atom stereocenters. The highest BCUT2D eigenvalue weighted by Gasteiger charge is 2.19. The van der Waals surface area contributed by atoms with E-state index < -0.39 is 0 Å². The van der Waals surface area contributed by atoms with Crippen molar-refractivity contribution in [3.8, 4) is 61.3 Å². The van der Waals surface area contributed by atoms with Gasteiger partial charge < -0.3 is 9.47 Å². The summed E-state index contributed by atoms with van der Waals surface area (Å²) in [7, 11) is 0. The molecule has 0 aliphatic carbocycles. The molecule has 2 nitrogen and oxygen atoms in total. The van der Waals surface area contributed by atoms with E-state index in [0.717, 1.165) is 28.3 Å². The minimum Gasteiger partial charge on any atom is -0.310 e. The lowest BCUT2D eigenvalue weighted by molar-refractivity contribution is 1.18. The molecule has 0 aliphatic heterocycles. The minimum atomic E-state index is 1.09. The van der Waals surface area contributed by atoms with Crippen LogP contribution in [0.2, 0.25) is 0 Å². The smallest absolute Gasteiger partial charge is 0.0541 e. The maximum atomic E-state index is 2.42. The Morgan fingerprint density at radius 1 is 0.189 bits per heavy atom. The van der Waals surface area contributed by atoms with Crippen LogP contribution in [0.25, 0.3) is 115 Å². The number of hydrogen-bond donors (Lipinski definition) is 0. The Labute approximate surface area is 430 Å². The Hall–Kier alpha value is -9.76. The normalized spacial score (nSPS) is 11.5. The first-order chi connectivity index (χ1) is 36.7. The number of benzene rings is 13. The maximum Gasteiger partial charge on any atom is 0.0541 e. The lowest BCUT2D eigenvalue weighted by Crippen LogP contribution is -2.10. The van der Waals surface area contributed by atoms with Crippen LogP contribution in [-0.4, -0.2) is 4.57 Å². The number of nitrogens with zero attached hydrogens (tertiary/aromatic N) is 2. The molecule has 0 saturated carbocycles. The van der Waals surface area contributed by atoms with E-state index in [4.69, 9.17) is 0 Å². The van der Waals surface area contributed by atoms with E-state index in [0.29, 0.717) is 0 Å². The Balaban J connectivity index is 0.883. The van der Waals surface area contributed by atoms with Crippen LogP contribution in [0.3, 0.4) is 0 Å². The van der Waals surface area contributed by atoms with Gasteiger partial charge in [-0.1, -0.05) is 218 Å². The van der Waals surface area contributed by atoms with Crippen molar-refractivity contribution in [3.05, 3.63) is 291 Å². The minimum absolute atomic E-state index is 1.09. The molecule has 0 saturated heterocycles. The van der Waals surface area contributed by atoms with Crippen molar-refractivity contribution in [3.63, 3.8) is 0 Å². The molecule has 0 fully saturated rings. The first-order valence-electron chi connectivity index (χ1n) is 25.5. The predicted molar refractivity (Wildman–Crippen MR) is 315 cm³/mol. The second-order valence-electron chi connectivity index (χ2n) is 19.3. The van der Waals surface area contributed by atoms with Gasteiger partial charge in [0.1, 0.15) is 0 Å². The van der Waals surface area contributed by atoms with Crippen molar-refractivity contribution in [1.29, 1.82) is 0 Å². The van der Waals surface area contributed by atoms with Crippen molar-refractivity contribution in [2.75, 3.05) is 4.90 Å². The zero-order valence-electron chi connectivity index (χ0n) is 40.6. The van der Waals surface area contributed by atoms with Crippen LogP contribution in [0.15, 0.2) is 291 Å². The van der Waals surface area contributed by atoms with Gasteiger partial charge in [-0.2, -0.15) is 0 Å². The third-order valence-corrected chi connectivity index (χ3v) is 15.0. The second kappa shape index (κ2) is 18.1. The van der Waals surface area contributed by atoms with E-state index in [-0.39, 0.29) is 0 Å². The van der Waals surface area contributed by atoms with E-state index in [1.807, 2.05) is 0 Å². The largest absolute Gasteiger partial charge is 0.310 e. The fourth-order valence-electron chi connectivity index (χ4n) is 11.3. The number of fused-ring (bicyclic) bond motifs is 9. The number of hydrogen-bond acceptors (Lipinski definition) is 1. The van der Waals surface area contributed by atoms with Crippen molar-refractivity contribution in [2.24, 2.45) is 0 Å². The van der Waals surface area contributed by atoms with Crippen LogP contribution in [-0.2, 0) is 0 Å². The van der Waals surface area contributed by atoms with E-state index >= 15 is 0 Å². The quantitative estimate of drug-likeness (QED) is 0.131. The highest BCUT2D eigenvalue weighted by Crippen LogP contribution is 2.43. The van der Waals surface area contributed by atoms with Crippen molar-refractivity contribution in [1.82, 2.24) is 4.57 Å². The molecule has 2 heteroatoms. The highest BCUT2D eigenvalue weighted by atomic mass is 15.1. The van der Waals surface area contributed by atoms with Gasteiger partial charge in [-0.15, -0.1) is 0 Å². The monoisotopic (exact) mass is 940 g/mol. The summed E-state index contributed by atoms with van der Waals surface area (Å²) >= 11 is 0. The molecule has 0 spiro atoms. The zero-order chi connectivity index (χ0) is 49.0. The summed E-state index contributed by atoms with van der Waals surface area (Å²) < 4.78 is 2.42. The highest BCUT2D eigenvalue weighted by molar-refractivity contribution is 6.26.